The number of anilines is 1. The number of rotatable bonds is 4. The average Bonchev–Trinajstić information content (AvgIpc) is 3.06. The molecule has 1 heterocycles. The van der Waals surface area contributed by atoms with Crippen molar-refractivity contribution in [3.8, 4) is 11.5 Å². The Balaban J connectivity index is 1.57. The minimum Gasteiger partial charge on any atom is -0.457 e. The molecule has 4 rings (SSSR count). The molecule has 0 bridgehead atoms. The van der Waals surface area contributed by atoms with Crippen LogP contribution in [0.4, 0.5) is 10.1 Å². The number of nitrogens with zero attached hydrogens (tertiary/aromatic N) is 1. The van der Waals surface area contributed by atoms with Crippen LogP contribution < -0.4 is 9.64 Å². The Morgan fingerprint density at radius 3 is 2.26 bits per heavy atom. The number of thioether (sulfide) groups is 1. The summed E-state index contributed by atoms with van der Waals surface area (Å²) in [6, 6.07) is 20.8. The van der Waals surface area contributed by atoms with Gasteiger partial charge in [-0.2, -0.15) is 0 Å². The minimum absolute atomic E-state index is 0.0420. The number of halogens is 2. The maximum atomic E-state index is 14.2. The summed E-state index contributed by atoms with van der Waals surface area (Å²) in [5, 5.41) is 0.267. The molecule has 1 amide bonds. The molecule has 3 aromatic carbocycles. The third kappa shape index (κ3) is 3.80. The van der Waals surface area contributed by atoms with Gasteiger partial charge < -0.3 is 4.74 Å². The number of carbonyl (C=O) groups is 1. The van der Waals surface area contributed by atoms with E-state index in [2.05, 4.69) is 0 Å². The lowest BCUT2D eigenvalue weighted by atomic mass is 10.1. The average molecular weight is 400 g/mol. The molecule has 3 nitrogen and oxygen atoms in total. The molecular formula is C21H15ClFNO2S. The number of hydrogen-bond acceptors (Lipinski definition) is 3. The zero-order chi connectivity index (χ0) is 18.8. The normalized spacial score (nSPS) is 16.6. The van der Waals surface area contributed by atoms with E-state index in [-0.39, 0.29) is 17.1 Å². The SMILES string of the molecule is O=C1CSC(c2ccccc2F)N1c1ccc(Oc2ccc(Cl)cc2)cc1. The van der Waals surface area contributed by atoms with Crippen LogP contribution in [-0.4, -0.2) is 11.7 Å². The van der Waals surface area contributed by atoms with Crippen molar-refractivity contribution in [2.75, 3.05) is 10.7 Å². The van der Waals surface area contributed by atoms with Crippen molar-refractivity contribution in [1.82, 2.24) is 0 Å². The minimum atomic E-state index is -0.373. The van der Waals surface area contributed by atoms with E-state index in [0.717, 1.165) is 0 Å². The second-order valence-corrected chi connectivity index (χ2v) is 7.50. The molecule has 0 spiro atoms. The standard InChI is InChI=1S/C21H15ClFNO2S/c22-14-5-9-16(10-6-14)26-17-11-7-15(8-12-17)24-20(25)13-27-21(24)18-3-1-2-4-19(18)23/h1-12,21H,13H2. The summed E-state index contributed by atoms with van der Waals surface area (Å²) in [7, 11) is 0. The van der Waals surface area contributed by atoms with Crippen molar-refractivity contribution >= 4 is 35.0 Å². The number of ether oxygens (including phenoxy) is 1. The van der Waals surface area contributed by atoms with Crippen LogP contribution in [0.15, 0.2) is 72.8 Å². The number of benzene rings is 3. The van der Waals surface area contributed by atoms with Crippen LogP contribution >= 0.6 is 23.4 Å². The van der Waals surface area contributed by atoms with Crippen LogP contribution in [0.25, 0.3) is 0 Å². The summed E-state index contributed by atoms with van der Waals surface area (Å²) < 4.78 is 20.0. The fraction of sp³-hybridized carbons (Fsp3) is 0.0952. The zero-order valence-corrected chi connectivity index (χ0v) is 15.7. The van der Waals surface area contributed by atoms with Crippen LogP contribution in [0.2, 0.25) is 5.02 Å². The van der Waals surface area contributed by atoms with Gasteiger partial charge in [0.1, 0.15) is 22.7 Å². The van der Waals surface area contributed by atoms with E-state index in [4.69, 9.17) is 16.3 Å². The van der Waals surface area contributed by atoms with E-state index in [1.807, 2.05) is 12.1 Å². The van der Waals surface area contributed by atoms with Gasteiger partial charge in [0, 0.05) is 16.3 Å². The molecule has 1 unspecified atom stereocenters. The van der Waals surface area contributed by atoms with E-state index in [1.165, 1.54) is 17.8 Å². The first-order valence-electron chi connectivity index (χ1n) is 8.33. The first-order valence-corrected chi connectivity index (χ1v) is 9.76. The molecule has 1 atom stereocenters. The van der Waals surface area contributed by atoms with E-state index >= 15 is 0 Å². The first kappa shape index (κ1) is 17.9. The maximum absolute atomic E-state index is 14.2. The van der Waals surface area contributed by atoms with Crippen molar-refractivity contribution in [3.63, 3.8) is 0 Å². The Hall–Kier alpha value is -2.50. The van der Waals surface area contributed by atoms with E-state index in [9.17, 15) is 9.18 Å². The molecule has 0 N–H and O–H groups in total. The van der Waals surface area contributed by atoms with Crippen molar-refractivity contribution < 1.29 is 13.9 Å². The van der Waals surface area contributed by atoms with Crippen LogP contribution in [0, 0.1) is 5.82 Å². The third-order valence-electron chi connectivity index (χ3n) is 4.20. The van der Waals surface area contributed by atoms with Crippen molar-refractivity contribution in [2.24, 2.45) is 0 Å². The van der Waals surface area contributed by atoms with Crippen molar-refractivity contribution in [1.29, 1.82) is 0 Å². The highest BCUT2D eigenvalue weighted by Crippen LogP contribution is 2.42. The summed E-state index contributed by atoms with van der Waals surface area (Å²) in [5.74, 6) is 1.28. The van der Waals surface area contributed by atoms with Gasteiger partial charge in [-0.15, -0.1) is 11.8 Å². The van der Waals surface area contributed by atoms with Crippen molar-refractivity contribution in [3.05, 3.63) is 89.2 Å². The predicted molar refractivity (Wildman–Crippen MR) is 107 cm³/mol. The molecule has 0 aliphatic carbocycles. The summed E-state index contributed by atoms with van der Waals surface area (Å²) in [5.41, 5.74) is 1.22. The molecule has 6 heteroatoms. The highest BCUT2D eigenvalue weighted by molar-refractivity contribution is 8.00. The number of amides is 1. The molecule has 1 fully saturated rings. The first-order chi connectivity index (χ1) is 13.1. The fourth-order valence-corrected chi connectivity index (χ4v) is 4.25. The molecular weight excluding hydrogens is 385 g/mol. The van der Waals surface area contributed by atoms with Gasteiger partial charge in [-0.05, 0) is 54.6 Å². The summed E-state index contributed by atoms with van der Waals surface area (Å²) in [6.07, 6.45) is 0. The van der Waals surface area contributed by atoms with Crippen LogP contribution in [0.1, 0.15) is 10.9 Å². The van der Waals surface area contributed by atoms with Gasteiger partial charge in [-0.1, -0.05) is 29.8 Å². The summed E-state index contributed by atoms with van der Waals surface area (Å²) in [6.45, 7) is 0. The van der Waals surface area contributed by atoms with Crippen LogP contribution in [0.5, 0.6) is 11.5 Å². The molecule has 1 aliphatic rings. The number of carbonyl (C=O) groups excluding carboxylic acids is 1. The van der Waals surface area contributed by atoms with Gasteiger partial charge in [0.2, 0.25) is 5.91 Å². The van der Waals surface area contributed by atoms with Gasteiger partial charge in [0.25, 0.3) is 0 Å². The Morgan fingerprint density at radius 2 is 1.59 bits per heavy atom. The highest BCUT2D eigenvalue weighted by atomic mass is 35.5. The second-order valence-electron chi connectivity index (χ2n) is 6.00. The second kappa shape index (κ2) is 7.62. The van der Waals surface area contributed by atoms with E-state index < -0.39 is 0 Å². The molecule has 1 saturated heterocycles. The largest absolute Gasteiger partial charge is 0.457 e. The van der Waals surface area contributed by atoms with Crippen LogP contribution in [-0.2, 0) is 4.79 Å². The number of hydrogen-bond donors (Lipinski definition) is 0. The van der Waals surface area contributed by atoms with Gasteiger partial charge in [-0.3, -0.25) is 9.69 Å². The molecule has 3 aromatic rings. The van der Waals surface area contributed by atoms with Crippen LogP contribution in [0.3, 0.4) is 0 Å². The molecule has 0 aromatic heterocycles. The Bertz CT molecular complexity index is 963. The van der Waals surface area contributed by atoms with Crippen molar-refractivity contribution in [2.45, 2.75) is 5.37 Å². The maximum Gasteiger partial charge on any atom is 0.238 e. The quantitative estimate of drug-likeness (QED) is 0.534. The molecule has 1 aliphatic heterocycles. The molecule has 136 valence electrons. The monoisotopic (exact) mass is 399 g/mol. The predicted octanol–water partition coefficient (Wildman–Crippen LogP) is 6.05. The van der Waals surface area contributed by atoms with E-state index in [1.54, 1.807) is 59.5 Å². The Morgan fingerprint density at radius 1 is 0.963 bits per heavy atom. The molecule has 27 heavy (non-hydrogen) atoms. The van der Waals surface area contributed by atoms with Gasteiger partial charge in [0.05, 0.1) is 5.75 Å². The van der Waals surface area contributed by atoms with Gasteiger partial charge in [-0.25, -0.2) is 4.39 Å². The topological polar surface area (TPSA) is 29.5 Å². The highest BCUT2D eigenvalue weighted by Gasteiger charge is 2.35. The summed E-state index contributed by atoms with van der Waals surface area (Å²) >= 11 is 7.30. The molecule has 0 saturated carbocycles. The lowest BCUT2D eigenvalue weighted by molar-refractivity contribution is -0.115. The smallest absolute Gasteiger partial charge is 0.238 e. The zero-order valence-electron chi connectivity index (χ0n) is 14.1. The van der Waals surface area contributed by atoms with Gasteiger partial charge in [0.15, 0.2) is 0 Å². The van der Waals surface area contributed by atoms with E-state index in [0.29, 0.717) is 33.5 Å². The third-order valence-corrected chi connectivity index (χ3v) is 5.65. The van der Waals surface area contributed by atoms with Gasteiger partial charge >= 0.3 is 0 Å². The lowest BCUT2D eigenvalue weighted by Gasteiger charge is -2.24. The Labute approximate surface area is 165 Å². The lowest BCUT2D eigenvalue weighted by Crippen LogP contribution is -2.28. The Kier molecular flexibility index (Phi) is 5.05. The fourth-order valence-electron chi connectivity index (χ4n) is 2.92. The molecule has 0 radical (unpaired) electrons. The summed E-state index contributed by atoms with van der Waals surface area (Å²) in [4.78, 5) is 14.1.